The van der Waals surface area contributed by atoms with Gasteiger partial charge in [-0.3, -0.25) is 4.98 Å². The number of aromatic nitrogens is 3. The topological polar surface area (TPSA) is 63.0 Å². The summed E-state index contributed by atoms with van der Waals surface area (Å²) in [4.78, 5) is 9.03. The summed E-state index contributed by atoms with van der Waals surface area (Å²) < 4.78 is 42.0. The van der Waals surface area contributed by atoms with E-state index in [9.17, 15) is 18.3 Å². The molecule has 1 saturated heterocycles. The van der Waals surface area contributed by atoms with E-state index < -0.39 is 11.6 Å². The standard InChI is InChI=1S/C18H23F3N4O/c1-25-15(17(6-7-17)18(19,20)21)8-13-16(25)24-14(9-22-13)12-5-3-2-4-11(10-26)23-12/h8-9,11-12,23,26H,2-7,10H2,1H3. The lowest BCUT2D eigenvalue weighted by Crippen LogP contribution is -2.34. The number of hydrogen-bond donors (Lipinski definition) is 2. The van der Waals surface area contributed by atoms with Crippen molar-refractivity contribution in [1.29, 1.82) is 0 Å². The fourth-order valence-corrected chi connectivity index (χ4v) is 4.10. The number of hydrogen-bond acceptors (Lipinski definition) is 4. The van der Waals surface area contributed by atoms with E-state index >= 15 is 0 Å². The smallest absolute Gasteiger partial charge is 0.395 e. The van der Waals surface area contributed by atoms with E-state index in [2.05, 4.69) is 15.3 Å². The van der Waals surface area contributed by atoms with Gasteiger partial charge in [0.1, 0.15) is 10.9 Å². The molecule has 1 aliphatic carbocycles. The predicted octanol–water partition coefficient (Wildman–Crippen LogP) is 3.13. The number of aliphatic hydroxyl groups excluding tert-OH is 1. The number of fused-ring (bicyclic) bond motifs is 1. The van der Waals surface area contributed by atoms with Crippen molar-refractivity contribution in [3.63, 3.8) is 0 Å². The molecule has 142 valence electrons. The summed E-state index contributed by atoms with van der Waals surface area (Å²) in [6.45, 7) is 0.0641. The number of nitrogens with one attached hydrogen (secondary N) is 1. The summed E-state index contributed by atoms with van der Waals surface area (Å²) in [5.74, 6) is 0. The van der Waals surface area contributed by atoms with Crippen LogP contribution in [0.2, 0.25) is 0 Å². The molecule has 8 heteroatoms. The normalized spacial score (nSPS) is 26.0. The first-order valence-corrected chi connectivity index (χ1v) is 9.12. The first-order valence-electron chi connectivity index (χ1n) is 9.12. The second kappa shape index (κ2) is 6.20. The lowest BCUT2D eigenvalue weighted by atomic mass is 10.0. The highest BCUT2D eigenvalue weighted by Crippen LogP contribution is 2.59. The Kier molecular flexibility index (Phi) is 4.23. The highest BCUT2D eigenvalue weighted by molar-refractivity contribution is 5.74. The molecule has 2 aromatic heterocycles. The zero-order valence-electron chi connectivity index (χ0n) is 14.7. The number of aliphatic hydroxyl groups is 1. The van der Waals surface area contributed by atoms with Crippen LogP contribution in [0, 0.1) is 0 Å². The Morgan fingerprint density at radius 3 is 2.69 bits per heavy atom. The summed E-state index contributed by atoms with van der Waals surface area (Å²) >= 11 is 0. The van der Waals surface area contributed by atoms with Gasteiger partial charge in [-0.05, 0) is 31.7 Å². The zero-order chi connectivity index (χ0) is 18.5. The molecule has 1 saturated carbocycles. The van der Waals surface area contributed by atoms with Crippen molar-refractivity contribution in [3.05, 3.63) is 23.7 Å². The van der Waals surface area contributed by atoms with Gasteiger partial charge in [0, 0.05) is 18.8 Å². The monoisotopic (exact) mass is 368 g/mol. The van der Waals surface area contributed by atoms with Gasteiger partial charge >= 0.3 is 6.18 Å². The summed E-state index contributed by atoms with van der Waals surface area (Å²) in [7, 11) is 1.64. The maximum absolute atomic E-state index is 13.5. The molecular formula is C18H23F3N4O. The Labute approximate surface area is 149 Å². The molecule has 1 aliphatic heterocycles. The van der Waals surface area contributed by atoms with Crippen LogP contribution in [-0.2, 0) is 12.5 Å². The van der Waals surface area contributed by atoms with Crippen molar-refractivity contribution in [2.45, 2.75) is 62.2 Å². The Bertz CT molecular complexity index is 813. The van der Waals surface area contributed by atoms with Crippen molar-refractivity contribution in [2.75, 3.05) is 6.61 Å². The minimum Gasteiger partial charge on any atom is -0.395 e. The maximum atomic E-state index is 13.5. The third-order valence-electron chi connectivity index (χ3n) is 5.85. The molecular weight excluding hydrogens is 345 g/mol. The van der Waals surface area contributed by atoms with Gasteiger partial charge in [-0.1, -0.05) is 12.8 Å². The van der Waals surface area contributed by atoms with E-state index in [0.717, 1.165) is 31.4 Å². The molecule has 0 amide bonds. The van der Waals surface area contributed by atoms with E-state index in [4.69, 9.17) is 0 Å². The van der Waals surface area contributed by atoms with Gasteiger partial charge in [0.05, 0.1) is 24.5 Å². The van der Waals surface area contributed by atoms with Crippen LogP contribution in [0.5, 0.6) is 0 Å². The number of halogens is 3. The van der Waals surface area contributed by atoms with Crippen LogP contribution in [0.1, 0.15) is 56.0 Å². The quantitative estimate of drug-likeness (QED) is 0.874. The van der Waals surface area contributed by atoms with E-state index in [1.807, 2.05) is 0 Å². The predicted molar refractivity (Wildman–Crippen MR) is 90.7 cm³/mol. The third-order valence-corrected chi connectivity index (χ3v) is 5.85. The van der Waals surface area contributed by atoms with Crippen LogP contribution in [0.3, 0.4) is 0 Å². The van der Waals surface area contributed by atoms with Crippen molar-refractivity contribution in [2.24, 2.45) is 7.05 Å². The fourth-order valence-electron chi connectivity index (χ4n) is 4.10. The molecule has 4 rings (SSSR count). The van der Waals surface area contributed by atoms with Gasteiger partial charge in [-0.15, -0.1) is 0 Å². The van der Waals surface area contributed by atoms with Gasteiger partial charge < -0.3 is 15.0 Å². The van der Waals surface area contributed by atoms with E-state index in [1.165, 1.54) is 6.07 Å². The molecule has 0 bridgehead atoms. The van der Waals surface area contributed by atoms with Crippen LogP contribution < -0.4 is 5.32 Å². The molecule has 3 heterocycles. The summed E-state index contributed by atoms with van der Waals surface area (Å²) in [5, 5.41) is 12.9. The second-order valence-electron chi connectivity index (χ2n) is 7.56. The Morgan fingerprint density at radius 2 is 2.04 bits per heavy atom. The molecule has 2 aliphatic rings. The van der Waals surface area contributed by atoms with E-state index in [1.54, 1.807) is 17.8 Å². The van der Waals surface area contributed by atoms with Crippen molar-refractivity contribution in [3.8, 4) is 0 Å². The first-order chi connectivity index (χ1) is 12.4. The molecule has 0 aromatic carbocycles. The zero-order valence-corrected chi connectivity index (χ0v) is 14.7. The molecule has 2 fully saturated rings. The first kappa shape index (κ1) is 17.7. The summed E-state index contributed by atoms with van der Waals surface area (Å²) in [5.41, 5.74) is 0.211. The number of rotatable bonds is 3. The minimum absolute atomic E-state index is 0.0175. The molecule has 2 unspecified atom stereocenters. The van der Waals surface area contributed by atoms with Crippen LogP contribution in [0.4, 0.5) is 13.2 Å². The Balaban J connectivity index is 1.71. The van der Waals surface area contributed by atoms with Crippen molar-refractivity contribution in [1.82, 2.24) is 19.9 Å². The lowest BCUT2D eigenvalue weighted by molar-refractivity contribution is -0.162. The molecule has 2 atom stereocenters. The van der Waals surface area contributed by atoms with Gasteiger partial charge in [0.15, 0.2) is 5.65 Å². The van der Waals surface area contributed by atoms with Crippen molar-refractivity contribution >= 4 is 11.2 Å². The second-order valence-corrected chi connectivity index (χ2v) is 7.56. The number of alkyl halides is 3. The molecule has 5 nitrogen and oxygen atoms in total. The van der Waals surface area contributed by atoms with Crippen LogP contribution in [0.15, 0.2) is 12.3 Å². The lowest BCUT2D eigenvalue weighted by Gasteiger charge is -2.21. The maximum Gasteiger partial charge on any atom is 0.399 e. The summed E-state index contributed by atoms with van der Waals surface area (Å²) in [6, 6.07) is 1.51. The van der Waals surface area contributed by atoms with E-state index in [-0.39, 0.29) is 37.2 Å². The summed E-state index contributed by atoms with van der Waals surface area (Å²) in [6.07, 6.45) is 1.47. The molecule has 26 heavy (non-hydrogen) atoms. The van der Waals surface area contributed by atoms with Gasteiger partial charge in [-0.2, -0.15) is 13.2 Å². The number of aryl methyl sites for hydroxylation is 1. The average Bonchev–Trinajstić information content (AvgIpc) is 3.39. The van der Waals surface area contributed by atoms with Gasteiger partial charge in [-0.25, -0.2) is 4.98 Å². The van der Waals surface area contributed by atoms with Gasteiger partial charge in [0.2, 0.25) is 0 Å². The fraction of sp³-hybridized carbons (Fsp3) is 0.667. The number of nitrogens with zero attached hydrogens (tertiary/aromatic N) is 3. The highest BCUT2D eigenvalue weighted by atomic mass is 19.4. The largest absolute Gasteiger partial charge is 0.399 e. The SMILES string of the molecule is Cn1c(C2(C(F)(F)F)CC2)cc2ncc(C3CCCCC(CO)N3)nc21. The van der Waals surface area contributed by atoms with Crippen LogP contribution in [-0.4, -0.2) is 38.5 Å². The third kappa shape index (κ3) is 2.79. The minimum atomic E-state index is -4.25. The highest BCUT2D eigenvalue weighted by Gasteiger charge is 2.65. The molecule has 2 aromatic rings. The van der Waals surface area contributed by atoms with Gasteiger partial charge in [0.25, 0.3) is 0 Å². The molecule has 0 spiro atoms. The van der Waals surface area contributed by atoms with E-state index in [0.29, 0.717) is 11.2 Å². The average molecular weight is 368 g/mol. The Hall–Kier alpha value is -1.67. The Morgan fingerprint density at radius 1 is 1.31 bits per heavy atom. The molecule has 0 radical (unpaired) electrons. The van der Waals surface area contributed by atoms with Crippen LogP contribution in [0.25, 0.3) is 11.2 Å². The van der Waals surface area contributed by atoms with Crippen LogP contribution >= 0.6 is 0 Å². The molecule has 2 N–H and O–H groups in total. The van der Waals surface area contributed by atoms with Crippen molar-refractivity contribution < 1.29 is 18.3 Å².